The Morgan fingerprint density at radius 1 is 1.00 bits per heavy atom. The van der Waals surface area contributed by atoms with Gasteiger partial charge in [0.1, 0.15) is 12.4 Å². The van der Waals surface area contributed by atoms with Crippen LogP contribution in [0.15, 0.2) is 77.9 Å². The van der Waals surface area contributed by atoms with Crippen LogP contribution in [0.2, 0.25) is 10.0 Å². The lowest BCUT2D eigenvalue weighted by atomic mass is 10.1. The molecule has 8 heteroatoms. The molecule has 0 aliphatic carbocycles. The van der Waals surface area contributed by atoms with Gasteiger partial charge in [-0.1, -0.05) is 65.7 Å². The molecule has 6 nitrogen and oxygen atoms in total. The fraction of sp³-hybridized carbons (Fsp3) is 0.125. The number of ether oxygens (including phenoxy) is 1. The lowest BCUT2D eigenvalue weighted by Crippen LogP contribution is -2.39. The first kappa shape index (κ1) is 23.3. The maximum absolute atomic E-state index is 12.0. The highest BCUT2D eigenvalue weighted by Gasteiger charge is 2.16. The molecule has 1 atom stereocenters. The van der Waals surface area contributed by atoms with Crippen LogP contribution in [0.3, 0.4) is 0 Å². The summed E-state index contributed by atoms with van der Waals surface area (Å²) in [5.41, 5.74) is 4.69. The van der Waals surface area contributed by atoms with Gasteiger partial charge in [0.2, 0.25) is 0 Å². The molecule has 2 amide bonds. The molecule has 0 bridgehead atoms. The van der Waals surface area contributed by atoms with Crippen molar-refractivity contribution in [2.45, 2.75) is 19.6 Å². The maximum atomic E-state index is 12.0. The molecule has 3 aromatic carbocycles. The number of nitrogens with zero attached hydrogens (tertiary/aromatic N) is 1. The highest BCUT2D eigenvalue weighted by atomic mass is 35.5. The van der Waals surface area contributed by atoms with Crippen LogP contribution in [0.1, 0.15) is 29.7 Å². The van der Waals surface area contributed by atoms with Crippen LogP contribution >= 0.6 is 23.2 Å². The molecule has 0 saturated carbocycles. The van der Waals surface area contributed by atoms with Gasteiger partial charge in [-0.3, -0.25) is 9.59 Å². The molecule has 0 aliphatic heterocycles. The molecule has 32 heavy (non-hydrogen) atoms. The van der Waals surface area contributed by atoms with E-state index in [0.717, 1.165) is 11.1 Å². The smallest absolute Gasteiger partial charge is 0.329 e. The topological polar surface area (TPSA) is 79.8 Å². The highest BCUT2D eigenvalue weighted by Crippen LogP contribution is 2.26. The largest absolute Gasteiger partial charge is 0.487 e. The first-order valence-corrected chi connectivity index (χ1v) is 10.5. The SMILES string of the molecule is C[C@@H](NC(=O)C(=O)N/N=C\c1ccc(OCc2ccc(Cl)cc2)c(Cl)c1)c1ccccc1. The average Bonchev–Trinajstić information content (AvgIpc) is 2.80. The Morgan fingerprint density at radius 3 is 2.41 bits per heavy atom. The van der Waals surface area contributed by atoms with Gasteiger partial charge in [0, 0.05) is 5.02 Å². The van der Waals surface area contributed by atoms with E-state index in [2.05, 4.69) is 15.8 Å². The number of carbonyl (C=O) groups excluding carboxylic acids is 2. The summed E-state index contributed by atoms with van der Waals surface area (Å²) >= 11 is 12.1. The molecule has 0 spiro atoms. The second-order valence-corrected chi connectivity index (χ2v) is 7.75. The van der Waals surface area contributed by atoms with Gasteiger partial charge in [0.15, 0.2) is 0 Å². The summed E-state index contributed by atoms with van der Waals surface area (Å²) < 4.78 is 5.72. The van der Waals surface area contributed by atoms with Crippen molar-refractivity contribution < 1.29 is 14.3 Å². The van der Waals surface area contributed by atoms with E-state index >= 15 is 0 Å². The van der Waals surface area contributed by atoms with Gasteiger partial charge >= 0.3 is 11.8 Å². The van der Waals surface area contributed by atoms with E-state index in [0.29, 0.717) is 28.0 Å². The second kappa shape index (κ2) is 11.3. The van der Waals surface area contributed by atoms with Crippen molar-refractivity contribution in [1.29, 1.82) is 0 Å². The predicted molar refractivity (Wildman–Crippen MR) is 126 cm³/mol. The van der Waals surface area contributed by atoms with Crippen molar-refractivity contribution in [3.63, 3.8) is 0 Å². The average molecular weight is 470 g/mol. The zero-order valence-electron chi connectivity index (χ0n) is 17.2. The molecular formula is C24H21Cl2N3O3. The lowest BCUT2D eigenvalue weighted by molar-refractivity contribution is -0.139. The Morgan fingerprint density at radius 2 is 1.72 bits per heavy atom. The van der Waals surface area contributed by atoms with Gasteiger partial charge in [0.25, 0.3) is 0 Å². The third-order valence-corrected chi connectivity index (χ3v) is 5.04. The third kappa shape index (κ3) is 6.83. The molecule has 0 radical (unpaired) electrons. The fourth-order valence-corrected chi connectivity index (χ4v) is 3.13. The predicted octanol–water partition coefficient (Wildman–Crippen LogP) is 4.90. The molecule has 3 aromatic rings. The van der Waals surface area contributed by atoms with Crippen LogP contribution in [-0.2, 0) is 16.2 Å². The summed E-state index contributed by atoms with van der Waals surface area (Å²) in [5, 5.41) is 7.49. The number of halogens is 2. The van der Waals surface area contributed by atoms with Crippen LogP contribution in [0, 0.1) is 0 Å². The van der Waals surface area contributed by atoms with E-state index in [4.69, 9.17) is 27.9 Å². The first-order chi connectivity index (χ1) is 15.4. The standard InChI is InChI=1S/C24H21Cl2N3O3/c1-16(19-5-3-2-4-6-19)28-23(30)24(31)29-27-14-18-9-12-22(21(26)13-18)32-15-17-7-10-20(25)11-8-17/h2-14,16H,15H2,1H3,(H,28,30)(H,29,31)/b27-14-/t16-/m1/s1. The Labute approximate surface area is 196 Å². The van der Waals surface area contributed by atoms with Gasteiger partial charge in [-0.05, 0) is 53.9 Å². The van der Waals surface area contributed by atoms with Crippen molar-refractivity contribution >= 4 is 41.2 Å². The number of rotatable bonds is 7. The van der Waals surface area contributed by atoms with E-state index in [1.54, 1.807) is 37.3 Å². The van der Waals surface area contributed by atoms with E-state index < -0.39 is 11.8 Å². The molecule has 164 valence electrons. The van der Waals surface area contributed by atoms with Crippen LogP contribution in [0.25, 0.3) is 0 Å². The van der Waals surface area contributed by atoms with E-state index in [1.165, 1.54) is 6.21 Å². The number of amides is 2. The first-order valence-electron chi connectivity index (χ1n) is 9.78. The third-order valence-electron chi connectivity index (χ3n) is 4.50. The molecule has 0 saturated heterocycles. The van der Waals surface area contributed by atoms with Crippen molar-refractivity contribution in [1.82, 2.24) is 10.7 Å². The fourth-order valence-electron chi connectivity index (χ4n) is 2.76. The highest BCUT2D eigenvalue weighted by molar-refractivity contribution is 6.35. The summed E-state index contributed by atoms with van der Waals surface area (Å²) in [6, 6.07) is 21.4. The van der Waals surface area contributed by atoms with Gasteiger partial charge in [0.05, 0.1) is 17.3 Å². The van der Waals surface area contributed by atoms with Crippen LogP contribution in [0.4, 0.5) is 0 Å². The lowest BCUT2D eigenvalue weighted by Gasteiger charge is -2.13. The number of benzene rings is 3. The van der Waals surface area contributed by atoms with Gasteiger partial charge < -0.3 is 10.1 Å². The summed E-state index contributed by atoms with van der Waals surface area (Å²) in [7, 11) is 0. The quantitative estimate of drug-likeness (QED) is 0.293. The summed E-state index contributed by atoms with van der Waals surface area (Å²) in [6.45, 7) is 2.14. The Balaban J connectivity index is 1.50. The van der Waals surface area contributed by atoms with Crippen molar-refractivity contribution in [3.05, 3.63) is 99.5 Å². The Hall–Kier alpha value is -3.35. The molecule has 0 aliphatic rings. The van der Waals surface area contributed by atoms with Crippen molar-refractivity contribution in [2.75, 3.05) is 0 Å². The van der Waals surface area contributed by atoms with Crippen LogP contribution < -0.4 is 15.5 Å². The van der Waals surface area contributed by atoms with Crippen molar-refractivity contribution in [2.24, 2.45) is 5.10 Å². The number of carbonyl (C=O) groups is 2. The minimum Gasteiger partial charge on any atom is -0.487 e. The minimum atomic E-state index is -0.863. The monoisotopic (exact) mass is 469 g/mol. The number of nitrogens with one attached hydrogen (secondary N) is 2. The molecule has 0 fully saturated rings. The molecule has 0 heterocycles. The maximum Gasteiger partial charge on any atom is 0.329 e. The Kier molecular flexibility index (Phi) is 8.25. The molecule has 3 rings (SSSR count). The number of hydrogen-bond donors (Lipinski definition) is 2. The summed E-state index contributed by atoms with van der Waals surface area (Å²) in [4.78, 5) is 24.0. The number of hydrazone groups is 1. The zero-order valence-corrected chi connectivity index (χ0v) is 18.7. The molecule has 0 aromatic heterocycles. The Bertz CT molecular complexity index is 1100. The number of hydrogen-bond acceptors (Lipinski definition) is 4. The molecule has 2 N–H and O–H groups in total. The van der Waals surface area contributed by atoms with E-state index in [-0.39, 0.29) is 6.04 Å². The summed E-state index contributed by atoms with van der Waals surface area (Å²) in [5.74, 6) is -1.13. The molecular weight excluding hydrogens is 449 g/mol. The van der Waals surface area contributed by atoms with E-state index in [1.807, 2.05) is 42.5 Å². The second-order valence-electron chi connectivity index (χ2n) is 6.91. The minimum absolute atomic E-state index is 0.308. The van der Waals surface area contributed by atoms with Crippen molar-refractivity contribution in [3.8, 4) is 5.75 Å². The summed E-state index contributed by atoms with van der Waals surface area (Å²) in [6.07, 6.45) is 1.39. The van der Waals surface area contributed by atoms with Crippen LogP contribution in [0.5, 0.6) is 5.75 Å². The van der Waals surface area contributed by atoms with Gasteiger partial charge in [-0.25, -0.2) is 5.43 Å². The normalized spacial score (nSPS) is 11.7. The van der Waals surface area contributed by atoms with Crippen LogP contribution in [-0.4, -0.2) is 18.0 Å². The van der Waals surface area contributed by atoms with E-state index in [9.17, 15) is 9.59 Å². The van der Waals surface area contributed by atoms with Gasteiger partial charge in [-0.2, -0.15) is 5.10 Å². The molecule has 0 unspecified atom stereocenters. The van der Waals surface area contributed by atoms with Gasteiger partial charge in [-0.15, -0.1) is 0 Å². The zero-order chi connectivity index (χ0) is 22.9.